The molecule has 1 atom stereocenters. The average molecular weight is 447 g/mol. The highest BCUT2D eigenvalue weighted by molar-refractivity contribution is 7.90. The molecule has 1 aliphatic heterocycles. The standard InChI is InChI=1S/C25H22N2O4S/c1-32(30,31)22-12-10-19(11-13-22)25(29)27-16-20(15-21-9-5-6-14-26-21)24(28)23(17-27)18-7-3-2-4-8-18/h2-15,23H,16-17H2,1H3/b20-15-. The third-order valence-corrected chi connectivity index (χ3v) is 6.55. The van der Waals surface area contributed by atoms with E-state index in [1.807, 2.05) is 42.5 Å². The smallest absolute Gasteiger partial charge is 0.254 e. The molecule has 0 bridgehead atoms. The van der Waals surface area contributed by atoms with Crippen LogP contribution < -0.4 is 0 Å². The Labute approximate surface area is 187 Å². The predicted molar refractivity (Wildman–Crippen MR) is 122 cm³/mol. The summed E-state index contributed by atoms with van der Waals surface area (Å²) in [6.07, 6.45) is 4.50. The van der Waals surface area contributed by atoms with Gasteiger partial charge in [0.15, 0.2) is 15.6 Å². The van der Waals surface area contributed by atoms with Crippen molar-refractivity contribution in [1.29, 1.82) is 0 Å². The molecule has 2 aromatic carbocycles. The van der Waals surface area contributed by atoms with Crippen LogP contribution in [0.25, 0.3) is 6.08 Å². The zero-order chi connectivity index (χ0) is 22.7. The lowest BCUT2D eigenvalue weighted by Crippen LogP contribution is -2.44. The molecule has 0 radical (unpaired) electrons. The fraction of sp³-hybridized carbons (Fsp3) is 0.160. The molecule has 32 heavy (non-hydrogen) atoms. The van der Waals surface area contributed by atoms with E-state index in [1.54, 1.807) is 23.2 Å². The number of rotatable bonds is 4. The first-order valence-corrected chi connectivity index (χ1v) is 12.0. The van der Waals surface area contributed by atoms with E-state index in [1.165, 1.54) is 24.3 Å². The van der Waals surface area contributed by atoms with Crippen molar-refractivity contribution in [3.05, 3.63) is 101 Å². The highest BCUT2D eigenvalue weighted by Crippen LogP contribution is 2.29. The number of benzene rings is 2. The Bertz CT molecular complexity index is 1270. The van der Waals surface area contributed by atoms with E-state index in [2.05, 4.69) is 4.98 Å². The van der Waals surface area contributed by atoms with Gasteiger partial charge in [-0.15, -0.1) is 0 Å². The summed E-state index contributed by atoms with van der Waals surface area (Å²) in [6.45, 7) is 0.403. The molecule has 1 aromatic heterocycles. The topological polar surface area (TPSA) is 84.4 Å². The van der Waals surface area contributed by atoms with E-state index in [4.69, 9.17) is 0 Å². The minimum atomic E-state index is -3.35. The Morgan fingerprint density at radius 3 is 2.31 bits per heavy atom. The van der Waals surface area contributed by atoms with E-state index in [9.17, 15) is 18.0 Å². The summed E-state index contributed by atoms with van der Waals surface area (Å²) in [5.74, 6) is -0.775. The normalized spacial score (nSPS) is 18.0. The predicted octanol–water partition coefficient (Wildman–Crippen LogP) is 3.38. The summed E-state index contributed by atoms with van der Waals surface area (Å²) in [5, 5.41) is 0. The second-order valence-corrected chi connectivity index (χ2v) is 9.75. The summed E-state index contributed by atoms with van der Waals surface area (Å²) >= 11 is 0. The molecule has 1 fully saturated rings. The van der Waals surface area contributed by atoms with Crippen LogP contribution in [0.1, 0.15) is 27.5 Å². The van der Waals surface area contributed by atoms with Gasteiger partial charge < -0.3 is 4.90 Å². The van der Waals surface area contributed by atoms with Crippen molar-refractivity contribution in [2.75, 3.05) is 19.3 Å². The summed E-state index contributed by atoms with van der Waals surface area (Å²) in [6, 6.07) is 20.7. The van der Waals surface area contributed by atoms with Gasteiger partial charge in [-0.2, -0.15) is 0 Å². The summed E-state index contributed by atoms with van der Waals surface area (Å²) in [5.41, 5.74) is 2.37. The lowest BCUT2D eigenvalue weighted by atomic mass is 9.85. The van der Waals surface area contributed by atoms with Crippen LogP contribution in [0, 0.1) is 0 Å². The molecule has 2 heterocycles. The number of nitrogens with zero attached hydrogens (tertiary/aromatic N) is 2. The third kappa shape index (κ3) is 4.68. The second kappa shape index (κ2) is 8.88. The molecule has 1 aliphatic rings. The summed E-state index contributed by atoms with van der Waals surface area (Å²) in [7, 11) is -3.35. The highest BCUT2D eigenvalue weighted by Gasteiger charge is 2.34. The molecule has 3 aromatic rings. The van der Waals surface area contributed by atoms with Gasteiger partial charge in [-0.1, -0.05) is 36.4 Å². The molecular formula is C25H22N2O4S. The van der Waals surface area contributed by atoms with Crippen LogP contribution in [0.5, 0.6) is 0 Å². The fourth-order valence-corrected chi connectivity index (χ4v) is 4.39. The van der Waals surface area contributed by atoms with Crippen molar-refractivity contribution in [2.24, 2.45) is 0 Å². The van der Waals surface area contributed by atoms with E-state index in [-0.39, 0.29) is 29.7 Å². The number of amides is 1. The Kier molecular flexibility index (Phi) is 6.01. The lowest BCUT2D eigenvalue weighted by Gasteiger charge is -2.34. The largest absolute Gasteiger partial charge is 0.333 e. The SMILES string of the molecule is CS(=O)(=O)c1ccc(C(=O)N2C/C(=C/c3ccccn3)C(=O)C(c3ccccc3)C2)cc1. The molecule has 4 rings (SSSR count). The quantitative estimate of drug-likeness (QED) is 0.574. The van der Waals surface area contributed by atoms with Crippen LogP contribution in [0.15, 0.2) is 89.5 Å². The van der Waals surface area contributed by atoms with Gasteiger partial charge in [-0.3, -0.25) is 14.6 Å². The van der Waals surface area contributed by atoms with Gasteiger partial charge in [-0.05, 0) is 48.0 Å². The highest BCUT2D eigenvalue weighted by atomic mass is 32.2. The molecule has 6 nitrogen and oxygen atoms in total. The van der Waals surface area contributed by atoms with Crippen molar-refractivity contribution < 1.29 is 18.0 Å². The molecule has 0 saturated carbocycles. The van der Waals surface area contributed by atoms with Crippen LogP contribution in [0.2, 0.25) is 0 Å². The van der Waals surface area contributed by atoms with Gasteiger partial charge in [0.25, 0.3) is 5.91 Å². The minimum absolute atomic E-state index is 0.0293. The van der Waals surface area contributed by atoms with Crippen molar-refractivity contribution in [3.8, 4) is 0 Å². The third-order valence-electron chi connectivity index (χ3n) is 5.43. The molecule has 0 spiro atoms. The number of likely N-dealkylation sites (tertiary alicyclic amines) is 1. The molecule has 7 heteroatoms. The molecule has 162 valence electrons. The van der Waals surface area contributed by atoms with Crippen LogP contribution in [-0.4, -0.2) is 49.3 Å². The molecule has 0 aliphatic carbocycles. The lowest BCUT2D eigenvalue weighted by molar-refractivity contribution is -0.118. The molecule has 0 N–H and O–H groups in total. The van der Waals surface area contributed by atoms with E-state index in [0.29, 0.717) is 16.8 Å². The average Bonchev–Trinajstić information content (AvgIpc) is 2.81. The van der Waals surface area contributed by atoms with Crippen molar-refractivity contribution in [2.45, 2.75) is 10.8 Å². The molecule has 1 amide bonds. The zero-order valence-corrected chi connectivity index (χ0v) is 18.3. The van der Waals surface area contributed by atoms with Crippen LogP contribution in [0.3, 0.4) is 0 Å². The molecule has 1 saturated heterocycles. The number of piperidine rings is 1. The van der Waals surface area contributed by atoms with Gasteiger partial charge in [-0.25, -0.2) is 8.42 Å². The van der Waals surface area contributed by atoms with E-state index in [0.717, 1.165) is 11.8 Å². The van der Waals surface area contributed by atoms with Crippen LogP contribution in [0.4, 0.5) is 0 Å². The Balaban J connectivity index is 1.69. The Hall–Kier alpha value is -3.58. The van der Waals surface area contributed by atoms with E-state index < -0.39 is 15.8 Å². The van der Waals surface area contributed by atoms with Gasteiger partial charge in [0.1, 0.15) is 0 Å². The number of pyridine rings is 1. The monoisotopic (exact) mass is 446 g/mol. The van der Waals surface area contributed by atoms with Gasteiger partial charge >= 0.3 is 0 Å². The van der Waals surface area contributed by atoms with E-state index >= 15 is 0 Å². The number of hydrogen-bond acceptors (Lipinski definition) is 5. The molecule has 1 unspecified atom stereocenters. The van der Waals surface area contributed by atoms with Crippen molar-refractivity contribution in [1.82, 2.24) is 9.88 Å². The number of ketones is 1. The van der Waals surface area contributed by atoms with Crippen molar-refractivity contribution in [3.63, 3.8) is 0 Å². The maximum Gasteiger partial charge on any atom is 0.254 e. The van der Waals surface area contributed by atoms with Crippen molar-refractivity contribution >= 4 is 27.6 Å². The fourth-order valence-electron chi connectivity index (χ4n) is 3.76. The summed E-state index contributed by atoms with van der Waals surface area (Å²) < 4.78 is 23.4. The maximum absolute atomic E-state index is 13.3. The first-order chi connectivity index (χ1) is 15.3. The summed E-state index contributed by atoms with van der Waals surface area (Å²) in [4.78, 5) is 32.6. The second-order valence-electron chi connectivity index (χ2n) is 7.73. The first-order valence-electron chi connectivity index (χ1n) is 10.1. The first kappa shape index (κ1) is 21.6. The van der Waals surface area contributed by atoms with Crippen LogP contribution >= 0.6 is 0 Å². The number of carbonyl (C=O) groups excluding carboxylic acids is 2. The zero-order valence-electron chi connectivity index (χ0n) is 17.5. The number of hydrogen-bond donors (Lipinski definition) is 0. The Morgan fingerprint density at radius 1 is 1.00 bits per heavy atom. The number of aromatic nitrogens is 1. The minimum Gasteiger partial charge on any atom is -0.333 e. The molecular weight excluding hydrogens is 424 g/mol. The van der Waals surface area contributed by atoms with Gasteiger partial charge in [0.05, 0.1) is 16.5 Å². The number of Topliss-reactive ketones (excluding diaryl/α,β-unsaturated/α-hetero) is 1. The van der Waals surface area contributed by atoms with Crippen LogP contribution in [-0.2, 0) is 14.6 Å². The maximum atomic E-state index is 13.3. The number of sulfone groups is 1. The van der Waals surface area contributed by atoms with Gasteiger partial charge in [0.2, 0.25) is 0 Å². The Morgan fingerprint density at radius 2 is 1.69 bits per heavy atom. The number of carbonyl (C=O) groups is 2. The van der Waals surface area contributed by atoms with Gasteiger partial charge in [0, 0.05) is 36.7 Å².